The van der Waals surface area contributed by atoms with Crippen molar-refractivity contribution < 1.29 is 9.59 Å². The Labute approximate surface area is 199 Å². The molecule has 0 heterocycles. The lowest BCUT2D eigenvalue weighted by Crippen LogP contribution is -2.47. The minimum absolute atomic E-state index is 0.0175. The van der Waals surface area contributed by atoms with Gasteiger partial charge in [0, 0.05) is 24.0 Å². The zero-order valence-corrected chi connectivity index (χ0v) is 20.4. The molecule has 32 heavy (non-hydrogen) atoms. The maximum atomic E-state index is 13.4. The highest BCUT2D eigenvalue weighted by atomic mass is 79.9. The van der Waals surface area contributed by atoms with Crippen LogP contribution in [0.3, 0.4) is 0 Å². The molecule has 1 N–H and O–H groups in total. The zero-order valence-electron chi connectivity index (χ0n) is 18.8. The van der Waals surface area contributed by atoms with Gasteiger partial charge < -0.3 is 10.2 Å². The molecule has 1 unspecified atom stereocenters. The summed E-state index contributed by atoms with van der Waals surface area (Å²) >= 11 is 3.50. The van der Waals surface area contributed by atoms with Gasteiger partial charge in [0.05, 0.1) is 0 Å². The van der Waals surface area contributed by atoms with Crippen LogP contribution in [0.25, 0.3) is 10.8 Å². The van der Waals surface area contributed by atoms with Crippen molar-refractivity contribution in [1.82, 2.24) is 10.2 Å². The van der Waals surface area contributed by atoms with Crippen LogP contribution in [0.5, 0.6) is 0 Å². The first-order valence-corrected chi connectivity index (χ1v) is 12.1. The van der Waals surface area contributed by atoms with E-state index in [9.17, 15) is 9.59 Å². The second kappa shape index (κ2) is 11.8. The fourth-order valence-electron chi connectivity index (χ4n) is 3.85. The molecule has 0 aliphatic carbocycles. The largest absolute Gasteiger partial charge is 0.354 e. The van der Waals surface area contributed by atoms with E-state index in [2.05, 4.69) is 52.4 Å². The number of aryl methyl sites for hydroxylation is 1. The third kappa shape index (κ3) is 6.42. The highest BCUT2D eigenvalue weighted by Crippen LogP contribution is 2.21. The van der Waals surface area contributed by atoms with Crippen molar-refractivity contribution in [3.8, 4) is 0 Å². The average Bonchev–Trinajstić information content (AvgIpc) is 2.80. The Balaban J connectivity index is 1.76. The van der Waals surface area contributed by atoms with E-state index in [4.69, 9.17) is 0 Å². The second-order valence-corrected chi connectivity index (χ2v) is 9.03. The van der Waals surface area contributed by atoms with Crippen molar-refractivity contribution in [3.05, 3.63) is 82.3 Å². The lowest BCUT2D eigenvalue weighted by molar-refractivity contribution is -0.140. The van der Waals surface area contributed by atoms with Gasteiger partial charge in [-0.1, -0.05) is 83.9 Å². The monoisotopic (exact) mass is 494 g/mol. The SMILES string of the molecule is CCCCNC(=O)C(C)N(Cc1cccc(Br)c1)C(=O)CCc1cccc2ccccc12. The number of carbonyl (C=O) groups is 2. The molecule has 0 bridgehead atoms. The van der Waals surface area contributed by atoms with Gasteiger partial charge in [-0.3, -0.25) is 9.59 Å². The van der Waals surface area contributed by atoms with Crippen LogP contribution in [0.4, 0.5) is 0 Å². The Hall–Kier alpha value is -2.66. The first-order valence-electron chi connectivity index (χ1n) is 11.3. The van der Waals surface area contributed by atoms with Gasteiger partial charge in [-0.2, -0.15) is 0 Å². The molecule has 5 heteroatoms. The van der Waals surface area contributed by atoms with Crippen molar-refractivity contribution in [2.75, 3.05) is 6.54 Å². The number of unbranched alkanes of at least 4 members (excludes halogenated alkanes) is 1. The number of halogens is 1. The molecule has 1 atom stereocenters. The summed E-state index contributed by atoms with van der Waals surface area (Å²) in [6.07, 6.45) is 2.94. The first-order chi connectivity index (χ1) is 15.5. The van der Waals surface area contributed by atoms with Gasteiger partial charge in [0.1, 0.15) is 6.04 Å². The van der Waals surface area contributed by atoms with Gasteiger partial charge in [-0.15, -0.1) is 0 Å². The number of nitrogens with one attached hydrogen (secondary N) is 1. The summed E-state index contributed by atoms with van der Waals surface area (Å²) in [5.41, 5.74) is 2.14. The summed E-state index contributed by atoms with van der Waals surface area (Å²) in [5, 5.41) is 5.32. The molecule has 3 aromatic carbocycles. The predicted octanol–water partition coefficient (Wildman–Crippen LogP) is 5.87. The van der Waals surface area contributed by atoms with Gasteiger partial charge >= 0.3 is 0 Å². The van der Waals surface area contributed by atoms with Gasteiger partial charge in [-0.25, -0.2) is 0 Å². The number of nitrogens with zero attached hydrogens (tertiary/aromatic N) is 1. The second-order valence-electron chi connectivity index (χ2n) is 8.11. The Morgan fingerprint density at radius 2 is 1.78 bits per heavy atom. The average molecular weight is 495 g/mol. The van der Waals surface area contributed by atoms with Crippen LogP contribution in [0.2, 0.25) is 0 Å². The molecule has 0 radical (unpaired) electrons. The molecule has 0 aromatic heterocycles. The molecule has 0 fully saturated rings. The van der Waals surface area contributed by atoms with Gasteiger partial charge in [0.15, 0.2) is 0 Å². The normalized spacial score (nSPS) is 11.8. The molecule has 0 aliphatic heterocycles. The molecular formula is C27H31BrN2O2. The first kappa shape index (κ1) is 24.0. The molecule has 0 saturated heterocycles. The third-order valence-electron chi connectivity index (χ3n) is 5.73. The van der Waals surface area contributed by atoms with E-state index in [1.165, 1.54) is 10.8 Å². The van der Waals surface area contributed by atoms with Crippen LogP contribution in [0, 0.1) is 0 Å². The standard InChI is InChI=1S/C27H31BrN2O2/c1-3-4-17-29-27(32)20(2)30(19-21-9-7-13-24(28)18-21)26(31)16-15-23-12-8-11-22-10-5-6-14-25(22)23/h5-14,18,20H,3-4,15-17,19H2,1-2H3,(H,29,32). The summed E-state index contributed by atoms with van der Waals surface area (Å²) in [5.74, 6) is -0.122. The smallest absolute Gasteiger partial charge is 0.242 e. The lowest BCUT2D eigenvalue weighted by atomic mass is 10.0. The maximum absolute atomic E-state index is 13.4. The minimum atomic E-state index is -0.536. The zero-order chi connectivity index (χ0) is 22.9. The number of rotatable bonds is 10. The molecular weight excluding hydrogens is 464 g/mol. The topological polar surface area (TPSA) is 49.4 Å². The van der Waals surface area contributed by atoms with E-state index in [0.717, 1.165) is 28.4 Å². The number of fused-ring (bicyclic) bond motifs is 1. The molecule has 168 valence electrons. The summed E-state index contributed by atoms with van der Waals surface area (Å²) in [6.45, 7) is 4.94. The van der Waals surface area contributed by atoms with Crippen LogP contribution >= 0.6 is 15.9 Å². The molecule has 2 amide bonds. The van der Waals surface area contributed by atoms with Crippen LogP contribution in [0.15, 0.2) is 71.2 Å². The van der Waals surface area contributed by atoms with Gasteiger partial charge in [-0.05, 0) is 53.8 Å². The summed E-state index contributed by atoms with van der Waals surface area (Å²) in [7, 11) is 0. The molecule has 0 saturated carbocycles. The van der Waals surface area contributed by atoms with E-state index >= 15 is 0 Å². The maximum Gasteiger partial charge on any atom is 0.242 e. The summed E-state index contributed by atoms with van der Waals surface area (Å²) < 4.78 is 0.957. The predicted molar refractivity (Wildman–Crippen MR) is 134 cm³/mol. The molecule has 0 aliphatic rings. The summed E-state index contributed by atoms with van der Waals surface area (Å²) in [4.78, 5) is 27.8. The fourth-order valence-corrected chi connectivity index (χ4v) is 4.29. The quantitative estimate of drug-likeness (QED) is 0.358. The number of hydrogen-bond donors (Lipinski definition) is 1. The van der Waals surface area contributed by atoms with Crippen LogP contribution in [0.1, 0.15) is 44.2 Å². The number of benzene rings is 3. The molecule has 3 rings (SSSR count). The number of amides is 2. The Morgan fingerprint density at radius 3 is 2.56 bits per heavy atom. The fraction of sp³-hybridized carbons (Fsp3) is 0.333. The van der Waals surface area contributed by atoms with Crippen LogP contribution < -0.4 is 5.32 Å². The van der Waals surface area contributed by atoms with E-state index < -0.39 is 6.04 Å². The van der Waals surface area contributed by atoms with E-state index in [0.29, 0.717) is 25.9 Å². The highest BCUT2D eigenvalue weighted by molar-refractivity contribution is 9.10. The van der Waals surface area contributed by atoms with E-state index in [1.807, 2.05) is 49.4 Å². The van der Waals surface area contributed by atoms with Crippen LogP contribution in [-0.2, 0) is 22.6 Å². The Bertz CT molecular complexity index is 1060. The summed E-state index contributed by atoms with van der Waals surface area (Å²) in [6, 6.07) is 21.8. The third-order valence-corrected chi connectivity index (χ3v) is 6.22. The Kier molecular flexibility index (Phi) is 8.86. The Morgan fingerprint density at radius 1 is 1.03 bits per heavy atom. The van der Waals surface area contributed by atoms with Crippen molar-refractivity contribution in [2.45, 2.75) is 52.1 Å². The number of hydrogen-bond acceptors (Lipinski definition) is 2. The minimum Gasteiger partial charge on any atom is -0.354 e. The molecule has 3 aromatic rings. The lowest BCUT2D eigenvalue weighted by Gasteiger charge is -2.29. The molecule has 4 nitrogen and oxygen atoms in total. The van der Waals surface area contributed by atoms with Crippen molar-refractivity contribution >= 4 is 38.5 Å². The van der Waals surface area contributed by atoms with E-state index in [1.54, 1.807) is 4.90 Å². The van der Waals surface area contributed by atoms with Crippen molar-refractivity contribution in [1.29, 1.82) is 0 Å². The van der Waals surface area contributed by atoms with Crippen LogP contribution in [-0.4, -0.2) is 29.3 Å². The van der Waals surface area contributed by atoms with E-state index in [-0.39, 0.29) is 11.8 Å². The van der Waals surface area contributed by atoms with Gasteiger partial charge in [0.25, 0.3) is 0 Å². The molecule has 0 spiro atoms. The number of carbonyl (C=O) groups excluding carboxylic acids is 2. The van der Waals surface area contributed by atoms with Gasteiger partial charge in [0.2, 0.25) is 11.8 Å². The van der Waals surface area contributed by atoms with Crippen molar-refractivity contribution in [2.24, 2.45) is 0 Å². The highest BCUT2D eigenvalue weighted by Gasteiger charge is 2.26. The van der Waals surface area contributed by atoms with Crippen molar-refractivity contribution in [3.63, 3.8) is 0 Å².